The van der Waals surface area contributed by atoms with Crippen molar-refractivity contribution in [1.82, 2.24) is 9.62 Å². The van der Waals surface area contributed by atoms with Crippen molar-refractivity contribution in [1.29, 1.82) is 0 Å². The summed E-state index contributed by atoms with van der Waals surface area (Å²) >= 11 is 0. The van der Waals surface area contributed by atoms with E-state index in [1.165, 1.54) is 9.87 Å². The lowest BCUT2D eigenvalue weighted by molar-refractivity contribution is -0.119. The van der Waals surface area contributed by atoms with Gasteiger partial charge >= 0.3 is 0 Å². The number of hydrogen-bond acceptors (Lipinski definition) is 5. The molecule has 166 valence electrons. The zero-order chi connectivity index (χ0) is 19.4. The van der Waals surface area contributed by atoms with E-state index < -0.39 is 21.7 Å². The second-order valence-corrected chi connectivity index (χ2v) is 9.63. The standard InChI is InChI=1S/C19H30N4O3S.2ClH/c1-15-3-2-4-18(13-15)22-9-11-23(12-10-22)27(25,26)14-19(24)21-17-7-5-16(20)6-8-17;;/h2-4,13,16-17H,5-12,14,20H2,1H3,(H,21,24);2*1H. The van der Waals surface area contributed by atoms with Crippen LogP contribution in [-0.2, 0) is 14.8 Å². The fraction of sp³-hybridized carbons (Fsp3) is 0.632. The number of nitrogens with two attached hydrogens (primary N) is 1. The van der Waals surface area contributed by atoms with E-state index >= 15 is 0 Å². The van der Waals surface area contributed by atoms with E-state index in [1.54, 1.807) is 0 Å². The van der Waals surface area contributed by atoms with Crippen LogP contribution in [0.15, 0.2) is 24.3 Å². The SMILES string of the molecule is Cc1cccc(N2CCN(S(=O)(=O)CC(=O)NC3CCC(N)CC3)CC2)c1.Cl.Cl. The molecule has 1 aromatic rings. The smallest absolute Gasteiger partial charge is 0.236 e. The number of piperazine rings is 1. The molecule has 1 saturated heterocycles. The van der Waals surface area contributed by atoms with Gasteiger partial charge < -0.3 is 16.0 Å². The van der Waals surface area contributed by atoms with E-state index in [0.717, 1.165) is 31.4 Å². The van der Waals surface area contributed by atoms with Crippen LogP contribution in [0.2, 0.25) is 0 Å². The molecule has 0 bridgehead atoms. The van der Waals surface area contributed by atoms with Gasteiger partial charge in [-0.05, 0) is 50.3 Å². The van der Waals surface area contributed by atoms with Gasteiger partial charge in [0.2, 0.25) is 15.9 Å². The molecule has 0 atom stereocenters. The molecule has 1 aromatic carbocycles. The molecule has 2 aliphatic rings. The van der Waals surface area contributed by atoms with Gasteiger partial charge in [-0.3, -0.25) is 4.79 Å². The van der Waals surface area contributed by atoms with E-state index in [0.29, 0.717) is 26.2 Å². The second-order valence-electron chi connectivity index (χ2n) is 7.66. The number of carbonyl (C=O) groups excluding carboxylic acids is 1. The first-order valence-electron chi connectivity index (χ1n) is 9.68. The number of nitrogens with one attached hydrogen (secondary N) is 1. The van der Waals surface area contributed by atoms with Crippen LogP contribution in [0.5, 0.6) is 0 Å². The van der Waals surface area contributed by atoms with E-state index in [4.69, 9.17) is 5.73 Å². The predicted octanol–water partition coefficient (Wildman–Crippen LogP) is 1.68. The first-order valence-corrected chi connectivity index (χ1v) is 11.3. The first-order chi connectivity index (χ1) is 12.8. The lowest BCUT2D eigenvalue weighted by atomic mass is 9.92. The Bertz CT molecular complexity index is 762. The Balaban J connectivity index is 0.00000210. The van der Waals surface area contributed by atoms with E-state index in [9.17, 15) is 13.2 Å². The maximum absolute atomic E-state index is 12.6. The Hall–Kier alpha value is -1.06. The molecule has 1 aliphatic heterocycles. The summed E-state index contributed by atoms with van der Waals surface area (Å²) in [6.07, 6.45) is 3.39. The Labute approximate surface area is 186 Å². The normalized spacial score (nSPS) is 22.9. The third-order valence-corrected chi connectivity index (χ3v) is 7.23. The third-order valence-electron chi connectivity index (χ3n) is 5.45. The van der Waals surface area contributed by atoms with Crippen molar-refractivity contribution in [3.8, 4) is 0 Å². The molecule has 3 rings (SSSR count). The Kier molecular flexibility index (Phi) is 10.2. The number of hydrogen-bond donors (Lipinski definition) is 2. The van der Waals surface area contributed by atoms with Crippen LogP contribution in [0, 0.1) is 6.92 Å². The van der Waals surface area contributed by atoms with Gasteiger partial charge in [0.05, 0.1) is 0 Å². The number of aryl methyl sites for hydroxylation is 1. The molecule has 0 radical (unpaired) electrons. The summed E-state index contributed by atoms with van der Waals surface area (Å²) in [6, 6.07) is 8.45. The average Bonchev–Trinajstić information content (AvgIpc) is 2.63. The largest absolute Gasteiger partial charge is 0.369 e. The monoisotopic (exact) mass is 466 g/mol. The van der Waals surface area contributed by atoms with Gasteiger partial charge in [-0.15, -0.1) is 24.8 Å². The fourth-order valence-corrected chi connectivity index (χ4v) is 5.16. The molecule has 1 aliphatic carbocycles. The molecule has 2 fully saturated rings. The number of nitrogens with zero attached hydrogens (tertiary/aromatic N) is 2. The Morgan fingerprint density at radius 3 is 2.31 bits per heavy atom. The van der Waals surface area contributed by atoms with Crippen molar-refractivity contribution in [2.45, 2.75) is 44.7 Å². The minimum Gasteiger partial charge on any atom is -0.369 e. The Morgan fingerprint density at radius 1 is 1.10 bits per heavy atom. The van der Waals surface area contributed by atoms with Gasteiger partial charge in [0.15, 0.2) is 0 Å². The molecule has 0 unspecified atom stereocenters. The predicted molar refractivity (Wildman–Crippen MR) is 122 cm³/mol. The molecular formula is C19H32Cl2N4O3S. The lowest BCUT2D eigenvalue weighted by Crippen LogP contribution is -2.51. The van der Waals surface area contributed by atoms with Crippen LogP contribution < -0.4 is 16.0 Å². The van der Waals surface area contributed by atoms with Crippen molar-refractivity contribution in [3.05, 3.63) is 29.8 Å². The fourth-order valence-electron chi connectivity index (χ4n) is 3.84. The second kappa shape index (κ2) is 11.4. The summed E-state index contributed by atoms with van der Waals surface area (Å²) < 4.78 is 26.7. The quantitative estimate of drug-likeness (QED) is 0.687. The molecule has 3 N–H and O–H groups in total. The van der Waals surface area contributed by atoms with E-state index in [-0.39, 0.29) is 36.9 Å². The van der Waals surface area contributed by atoms with Gasteiger partial charge in [-0.25, -0.2) is 8.42 Å². The number of amides is 1. The topological polar surface area (TPSA) is 95.7 Å². The number of sulfonamides is 1. The Morgan fingerprint density at radius 2 is 1.72 bits per heavy atom. The summed E-state index contributed by atoms with van der Waals surface area (Å²) in [5, 5.41) is 2.86. The van der Waals surface area contributed by atoms with Crippen molar-refractivity contribution in [2.75, 3.05) is 36.8 Å². The highest BCUT2D eigenvalue weighted by Crippen LogP contribution is 2.20. The zero-order valence-electron chi connectivity index (χ0n) is 16.7. The van der Waals surface area contributed by atoms with Crippen molar-refractivity contribution in [3.63, 3.8) is 0 Å². The van der Waals surface area contributed by atoms with Crippen LogP contribution in [-0.4, -0.2) is 62.6 Å². The van der Waals surface area contributed by atoms with Crippen molar-refractivity contribution >= 4 is 46.4 Å². The van der Waals surface area contributed by atoms with Crippen LogP contribution >= 0.6 is 24.8 Å². The molecule has 1 saturated carbocycles. The number of rotatable bonds is 5. The van der Waals surface area contributed by atoms with Gasteiger partial charge in [0.25, 0.3) is 0 Å². The zero-order valence-corrected chi connectivity index (χ0v) is 19.2. The van der Waals surface area contributed by atoms with Gasteiger partial charge in [-0.2, -0.15) is 4.31 Å². The summed E-state index contributed by atoms with van der Waals surface area (Å²) in [7, 11) is -3.59. The van der Waals surface area contributed by atoms with Crippen LogP contribution in [0.3, 0.4) is 0 Å². The molecule has 29 heavy (non-hydrogen) atoms. The van der Waals surface area contributed by atoms with Crippen molar-refractivity contribution < 1.29 is 13.2 Å². The van der Waals surface area contributed by atoms with Gasteiger partial charge in [-0.1, -0.05) is 12.1 Å². The van der Waals surface area contributed by atoms with Crippen molar-refractivity contribution in [2.24, 2.45) is 5.73 Å². The number of anilines is 1. The molecule has 0 spiro atoms. The van der Waals surface area contributed by atoms with E-state index in [2.05, 4.69) is 16.3 Å². The first kappa shape index (κ1) is 26.0. The summed E-state index contributed by atoms with van der Waals surface area (Å²) in [5.41, 5.74) is 8.16. The number of carbonyl (C=O) groups is 1. The highest BCUT2D eigenvalue weighted by Gasteiger charge is 2.30. The van der Waals surface area contributed by atoms with Gasteiger partial charge in [0, 0.05) is 44.0 Å². The highest BCUT2D eigenvalue weighted by molar-refractivity contribution is 7.89. The van der Waals surface area contributed by atoms with Crippen LogP contribution in [0.25, 0.3) is 0 Å². The minimum atomic E-state index is -3.59. The number of benzene rings is 1. The average molecular weight is 467 g/mol. The number of halogens is 2. The summed E-state index contributed by atoms with van der Waals surface area (Å²) in [4.78, 5) is 14.4. The maximum atomic E-state index is 12.6. The maximum Gasteiger partial charge on any atom is 0.236 e. The van der Waals surface area contributed by atoms with E-state index in [1.807, 2.05) is 25.1 Å². The third kappa shape index (κ3) is 7.29. The lowest BCUT2D eigenvalue weighted by Gasteiger charge is -2.35. The summed E-state index contributed by atoms with van der Waals surface area (Å²) in [5.74, 6) is -0.878. The minimum absolute atomic E-state index is 0. The molecular weight excluding hydrogens is 435 g/mol. The highest BCUT2D eigenvalue weighted by atomic mass is 35.5. The molecule has 0 aromatic heterocycles. The summed E-state index contributed by atoms with van der Waals surface area (Å²) in [6.45, 7) is 4.11. The van der Waals surface area contributed by atoms with Crippen LogP contribution in [0.4, 0.5) is 5.69 Å². The molecule has 1 heterocycles. The molecule has 1 amide bonds. The van der Waals surface area contributed by atoms with Crippen LogP contribution in [0.1, 0.15) is 31.2 Å². The van der Waals surface area contributed by atoms with Gasteiger partial charge in [0.1, 0.15) is 5.75 Å². The molecule has 7 nitrogen and oxygen atoms in total. The molecule has 10 heteroatoms.